The van der Waals surface area contributed by atoms with Crippen molar-refractivity contribution in [1.29, 1.82) is 0 Å². The zero-order valence-corrected chi connectivity index (χ0v) is 10.6. The molecule has 0 aromatic carbocycles. The molecule has 1 heterocycles. The average Bonchev–Trinajstić information content (AvgIpc) is 2.08. The second-order valence-electron chi connectivity index (χ2n) is 3.79. The van der Waals surface area contributed by atoms with E-state index in [1.165, 1.54) is 0 Å². The molecule has 0 aliphatic carbocycles. The highest BCUT2D eigenvalue weighted by molar-refractivity contribution is 6.35. The molecule has 3 nitrogen and oxygen atoms in total. The summed E-state index contributed by atoms with van der Waals surface area (Å²) in [4.78, 5) is 6.23. The van der Waals surface area contributed by atoms with Crippen LogP contribution in [-0.2, 0) is 0 Å². The van der Waals surface area contributed by atoms with Gasteiger partial charge in [-0.15, -0.1) is 0 Å². The summed E-state index contributed by atoms with van der Waals surface area (Å²) in [5, 5.41) is 4.32. The van der Waals surface area contributed by atoms with E-state index in [9.17, 15) is 0 Å². The molecule has 0 saturated heterocycles. The lowest BCUT2D eigenvalue weighted by Gasteiger charge is -2.19. The normalized spacial score (nSPS) is 12.9. The summed E-state index contributed by atoms with van der Waals surface area (Å²) in [7, 11) is 4.05. The minimum absolute atomic E-state index is 0.283. The molecule has 0 saturated carbocycles. The molecule has 1 unspecified atom stereocenters. The molecule has 15 heavy (non-hydrogen) atoms. The van der Waals surface area contributed by atoms with Crippen LogP contribution in [0.1, 0.15) is 6.92 Å². The summed E-state index contributed by atoms with van der Waals surface area (Å²) < 4.78 is 0. The Labute approximate surface area is 100 Å². The summed E-state index contributed by atoms with van der Waals surface area (Å²) in [5.41, 5.74) is 0. The maximum absolute atomic E-state index is 5.99. The van der Waals surface area contributed by atoms with Gasteiger partial charge < -0.3 is 10.2 Å². The topological polar surface area (TPSA) is 28.2 Å². The molecule has 1 aromatic rings. The fourth-order valence-electron chi connectivity index (χ4n) is 1.35. The number of likely N-dealkylation sites (N-methyl/N-ethyl adjacent to an activating group) is 1. The first kappa shape index (κ1) is 12.6. The highest BCUT2D eigenvalue weighted by Gasteiger charge is 2.07. The molecule has 1 aromatic heterocycles. The van der Waals surface area contributed by atoms with Gasteiger partial charge in [0.05, 0.1) is 10.0 Å². The Kier molecular flexibility index (Phi) is 4.64. The van der Waals surface area contributed by atoms with Gasteiger partial charge in [0.25, 0.3) is 0 Å². The van der Waals surface area contributed by atoms with Crippen LogP contribution < -0.4 is 5.32 Å². The van der Waals surface area contributed by atoms with Gasteiger partial charge in [0.2, 0.25) is 0 Å². The van der Waals surface area contributed by atoms with Crippen molar-refractivity contribution in [2.75, 3.05) is 26.0 Å². The molecular weight excluding hydrogens is 233 g/mol. The number of halogens is 2. The Hall–Kier alpha value is -0.510. The Morgan fingerprint density at radius 3 is 2.67 bits per heavy atom. The molecule has 0 bridgehead atoms. The number of rotatable bonds is 4. The minimum atomic E-state index is 0.283. The van der Waals surface area contributed by atoms with Crippen molar-refractivity contribution < 1.29 is 0 Å². The van der Waals surface area contributed by atoms with Crippen LogP contribution in [0.25, 0.3) is 0 Å². The third kappa shape index (κ3) is 4.24. The first-order valence-corrected chi connectivity index (χ1v) is 5.47. The third-order valence-corrected chi connectivity index (χ3v) is 2.32. The van der Waals surface area contributed by atoms with E-state index in [0.29, 0.717) is 15.9 Å². The molecule has 0 aliphatic rings. The van der Waals surface area contributed by atoms with Crippen molar-refractivity contribution in [2.24, 2.45) is 0 Å². The van der Waals surface area contributed by atoms with Crippen LogP contribution in [0.4, 0.5) is 5.82 Å². The van der Waals surface area contributed by atoms with Gasteiger partial charge in [0, 0.05) is 18.8 Å². The van der Waals surface area contributed by atoms with Crippen LogP contribution in [0.3, 0.4) is 0 Å². The SMILES string of the molecule is CC(CN(C)C)Nc1ncc(Cl)cc1Cl. The fraction of sp³-hybridized carbons (Fsp3) is 0.500. The molecule has 84 valence electrons. The molecule has 1 N–H and O–H groups in total. The number of pyridine rings is 1. The molecular formula is C10H15Cl2N3. The molecule has 5 heteroatoms. The van der Waals surface area contributed by atoms with E-state index >= 15 is 0 Å². The number of aromatic nitrogens is 1. The maximum atomic E-state index is 5.99. The van der Waals surface area contributed by atoms with Crippen molar-refractivity contribution in [3.05, 3.63) is 22.3 Å². The van der Waals surface area contributed by atoms with Crippen LogP contribution in [0.5, 0.6) is 0 Å². The van der Waals surface area contributed by atoms with E-state index in [4.69, 9.17) is 23.2 Å². The Morgan fingerprint density at radius 2 is 2.13 bits per heavy atom. The van der Waals surface area contributed by atoms with Gasteiger partial charge in [-0.05, 0) is 27.1 Å². The van der Waals surface area contributed by atoms with Crippen LogP contribution in [0.15, 0.2) is 12.3 Å². The highest BCUT2D eigenvalue weighted by Crippen LogP contribution is 2.22. The molecule has 0 fully saturated rings. The van der Waals surface area contributed by atoms with Gasteiger partial charge in [0.1, 0.15) is 5.82 Å². The lowest BCUT2D eigenvalue weighted by Crippen LogP contribution is -2.30. The van der Waals surface area contributed by atoms with Crippen LogP contribution in [-0.4, -0.2) is 36.6 Å². The van der Waals surface area contributed by atoms with Crippen molar-refractivity contribution in [3.63, 3.8) is 0 Å². The summed E-state index contributed by atoms with van der Waals surface area (Å²) in [6.07, 6.45) is 1.58. The van der Waals surface area contributed by atoms with Gasteiger partial charge >= 0.3 is 0 Å². The number of nitrogens with one attached hydrogen (secondary N) is 1. The Bertz CT molecular complexity index is 328. The first-order valence-electron chi connectivity index (χ1n) is 4.71. The molecule has 0 spiro atoms. The first-order chi connectivity index (χ1) is 6.99. The molecule has 1 rings (SSSR count). The molecule has 0 radical (unpaired) electrons. The molecule has 0 amide bonds. The van der Waals surface area contributed by atoms with E-state index in [0.717, 1.165) is 6.54 Å². The monoisotopic (exact) mass is 247 g/mol. The second-order valence-corrected chi connectivity index (χ2v) is 4.64. The average molecular weight is 248 g/mol. The zero-order chi connectivity index (χ0) is 11.4. The van der Waals surface area contributed by atoms with E-state index in [1.54, 1.807) is 12.3 Å². The van der Waals surface area contributed by atoms with Gasteiger partial charge in [-0.25, -0.2) is 4.98 Å². The van der Waals surface area contributed by atoms with E-state index in [2.05, 4.69) is 22.1 Å². The Morgan fingerprint density at radius 1 is 1.47 bits per heavy atom. The van der Waals surface area contributed by atoms with Crippen LogP contribution >= 0.6 is 23.2 Å². The van der Waals surface area contributed by atoms with Crippen molar-refractivity contribution in [2.45, 2.75) is 13.0 Å². The summed E-state index contributed by atoms with van der Waals surface area (Å²) >= 11 is 11.7. The quantitative estimate of drug-likeness (QED) is 0.887. The second kappa shape index (κ2) is 5.54. The number of hydrogen-bond acceptors (Lipinski definition) is 3. The van der Waals surface area contributed by atoms with E-state index in [1.807, 2.05) is 14.1 Å². The molecule has 0 aliphatic heterocycles. The smallest absolute Gasteiger partial charge is 0.145 e. The van der Waals surface area contributed by atoms with E-state index < -0.39 is 0 Å². The van der Waals surface area contributed by atoms with Crippen molar-refractivity contribution in [3.8, 4) is 0 Å². The fourth-order valence-corrected chi connectivity index (χ4v) is 1.78. The predicted molar refractivity (Wildman–Crippen MR) is 65.9 cm³/mol. The lowest BCUT2D eigenvalue weighted by molar-refractivity contribution is 0.392. The molecule has 1 atom stereocenters. The van der Waals surface area contributed by atoms with E-state index in [-0.39, 0.29) is 6.04 Å². The Balaban J connectivity index is 2.64. The third-order valence-electron chi connectivity index (χ3n) is 1.83. The van der Waals surface area contributed by atoms with Crippen LogP contribution in [0.2, 0.25) is 10.0 Å². The standard InChI is InChI=1S/C10H15Cl2N3/c1-7(6-15(2)3)14-10-9(12)4-8(11)5-13-10/h4-5,7H,6H2,1-3H3,(H,13,14). The number of nitrogens with zero attached hydrogens (tertiary/aromatic N) is 2. The zero-order valence-electron chi connectivity index (χ0n) is 9.09. The van der Waals surface area contributed by atoms with Gasteiger partial charge in [-0.2, -0.15) is 0 Å². The van der Waals surface area contributed by atoms with Crippen molar-refractivity contribution >= 4 is 29.0 Å². The maximum Gasteiger partial charge on any atom is 0.145 e. The van der Waals surface area contributed by atoms with Gasteiger partial charge in [-0.3, -0.25) is 0 Å². The largest absolute Gasteiger partial charge is 0.365 e. The predicted octanol–water partition coefficient (Wildman–Crippen LogP) is 2.75. The van der Waals surface area contributed by atoms with Crippen LogP contribution in [0, 0.1) is 0 Å². The lowest BCUT2D eigenvalue weighted by atomic mass is 10.3. The highest BCUT2D eigenvalue weighted by atomic mass is 35.5. The number of hydrogen-bond donors (Lipinski definition) is 1. The minimum Gasteiger partial charge on any atom is -0.365 e. The summed E-state index contributed by atoms with van der Waals surface area (Å²) in [5.74, 6) is 0.676. The summed E-state index contributed by atoms with van der Waals surface area (Å²) in [6.45, 7) is 2.99. The summed E-state index contributed by atoms with van der Waals surface area (Å²) in [6, 6.07) is 1.96. The van der Waals surface area contributed by atoms with Gasteiger partial charge in [-0.1, -0.05) is 23.2 Å². The van der Waals surface area contributed by atoms with Crippen molar-refractivity contribution in [1.82, 2.24) is 9.88 Å². The number of anilines is 1. The van der Waals surface area contributed by atoms with Gasteiger partial charge in [0.15, 0.2) is 0 Å².